The average molecular weight is 576 g/mol. The summed E-state index contributed by atoms with van der Waals surface area (Å²) in [6.07, 6.45) is 1.50. The van der Waals surface area contributed by atoms with E-state index in [1.165, 1.54) is 6.21 Å². The van der Waals surface area contributed by atoms with Gasteiger partial charge in [-0.25, -0.2) is 0 Å². The molecule has 0 fully saturated rings. The number of ether oxygens (including phenoxy) is 2. The Kier molecular flexibility index (Phi) is 6.50. The van der Waals surface area contributed by atoms with Crippen LogP contribution in [0.2, 0.25) is 0 Å². The van der Waals surface area contributed by atoms with Gasteiger partial charge < -0.3 is 9.47 Å². The number of imide groups is 1. The molecular weight excluding hydrogens is 555 g/mol. The van der Waals surface area contributed by atoms with Crippen molar-refractivity contribution in [2.45, 2.75) is 13.5 Å². The van der Waals surface area contributed by atoms with Crippen LogP contribution in [0.25, 0.3) is 10.8 Å². The third-order valence-corrected chi connectivity index (χ3v) is 6.43. The fraction of sp³-hybridized carbons (Fsp3) is 0.107. The van der Waals surface area contributed by atoms with Crippen LogP contribution < -0.4 is 9.47 Å². The van der Waals surface area contributed by atoms with Crippen molar-refractivity contribution in [3.8, 4) is 11.5 Å². The van der Waals surface area contributed by atoms with E-state index in [-0.39, 0.29) is 0 Å². The van der Waals surface area contributed by atoms with Gasteiger partial charge in [0.1, 0.15) is 6.61 Å². The maximum absolute atomic E-state index is 13.1. The topological polar surface area (TPSA) is 68.2 Å². The normalized spacial score (nSPS) is 13.0. The molecule has 1 heterocycles. The minimum atomic E-state index is -0.446. The van der Waals surface area contributed by atoms with Crippen molar-refractivity contribution in [1.29, 1.82) is 0 Å². The molecule has 5 rings (SSSR count). The van der Waals surface area contributed by atoms with E-state index in [1.807, 2.05) is 67.6 Å². The second-order valence-electron chi connectivity index (χ2n) is 7.91. The largest absolute Gasteiger partial charge is 0.490 e. The van der Waals surface area contributed by atoms with Gasteiger partial charge in [0.05, 0.1) is 27.5 Å². The van der Waals surface area contributed by atoms with Crippen molar-refractivity contribution < 1.29 is 19.1 Å². The van der Waals surface area contributed by atoms with Crippen LogP contribution in [0.5, 0.6) is 11.5 Å². The Labute approximate surface area is 216 Å². The molecule has 0 saturated carbocycles. The summed E-state index contributed by atoms with van der Waals surface area (Å²) in [4.78, 5) is 26.2. The van der Waals surface area contributed by atoms with Crippen LogP contribution in [-0.4, -0.2) is 29.6 Å². The smallest absolute Gasteiger partial charge is 0.282 e. The SMILES string of the molecule is CCOc1cc(/C=N\N2C(=O)c3cccc4cccc(c34)C2=O)cc(I)c1OCc1ccccc1. The number of amides is 2. The molecule has 6 nitrogen and oxygen atoms in total. The summed E-state index contributed by atoms with van der Waals surface area (Å²) in [6.45, 7) is 2.77. The van der Waals surface area contributed by atoms with Crippen LogP contribution in [0.4, 0.5) is 0 Å². The predicted molar refractivity (Wildman–Crippen MR) is 143 cm³/mol. The van der Waals surface area contributed by atoms with Gasteiger partial charge in [-0.05, 0) is 70.3 Å². The molecule has 174 valence electrons. The van der Waals surface area contributed by atoms with Crippen molar-refractivity contribution in [2.75, 3.05) is 6.61 Å². The fourth-order valence-electron chi connectivity index (χ4n) is 4.04. The number of nitrogens with zero attached hydrogens (tertiary/aromatic N) is 2. The summed E-state index contributed by atoms with van der Waals surface area (Å²) in [6, 6.07) is 24.4. The number of hydrogen-bond donors (Lipinski definition) is 0. The lowest BCUT2D eigenvalue weighted by Crippen LogP contribution is -2.36. The van der Waals surface area contributed by atoms with Crippen LogP contribution in [0.1, 0.15) is 38.8 Å². The van der Waals surface area contributed by atoms with E-state index in [9.17, 15) is 9.59 Å². The summed E-state index contributed by atoms with van der Waals surface area (Å²) in [5.74, 6) is 0.318. The van der Waals surface area contributed by atoms with E-state index >= 15 is 0 Å². The maximum Gasteiger partial charge on any atom is 0.282 e. The molecule has 1 aliphatic heterocycles. The van der Waals surface area contributed by atoms with Gasteiger partial charge in [-0.15, -0.1) is 0 Å². The Balaban J connectivity index is 1.43. The Morgan fingerprint density at radius 3 is 2.23 bits per heavy atom. The van der Waals surface area contributed by atoms with Crippen LogP contribution in [-0.2, 0) is 6.61 Å². The standard InChI is InChI=1S/C28H21IN2O4/c1-2-34-24-15-19(14-23(29)26(24)35-17-18-8-4-3-5-9-18)16-30-31-27(32)21-12-6-10-20-11-7-13-22(25(20)21)28(31)33/h3-16H,2,17H2,1H3/b30-16-. The van der Waals surface area contributed by atoms with E-state index in [1.54, 1.807) is 18.2 Å². The molecule has 0 radical (unpaired) electrons. The average Bonchev–Trinajstić information content (AvgIpc) is 2.87. The zero-order chi connectivity index (χ0) is 24.4. The number of carbonyl (C=O) groups is 2. The molecule has 0 atom stereocenters. The van der Waals surface area contributed by atoms with Crippen LogP contribution in [0.3, 0.4) is 0 Å². The summed E-state index contributed by atoms with van der Waals surface area (Å²) >= 11 is 2.19. The van der Waals surface area contributed by atoms with Crippen LogP contribution in [0, 0.1) is 3.57 Å². The second-order valence-corrected chi connectivity index (χ2v) is 9.08. The number of rotatable bonds is 7. The van der Waals surface area contributed by atoms with Crippen molar-refractivity contribution in [2.24, 2.45) is 5.10 Å². The minimum Gasteiger partial charge on any atom is -0.490 e. The van der Waals surface area contributed by atoms with E-state index in [4.69, 9.17) is 9.47 Å². The highest BCUT2D eigenvalue weighted by molar-refractivity contribution is 14.1. The summed E-state index contributed by atoms with van der Waals surface area (Å²) in [5.41, 5.74) is 2.66. The molecule has 0 aliphatic carbocycles. The van der Waals surface area contributed by atoms with Gasteiger partial charge in [0.25, 0.3) is 11.8 Å². The first-order valence-corrected chi connectivity index (χ1v) is 12.2. The van der Waals surface area contributed by atoms with E-state index in [0.717, 1.165) is 19.5 Å². The predicted octanol–water partition coefficient (Wildman–Crippen LogP) is 6.05. The highest BCUT2D eigenvalue weighted by Crippen LogP contribution is 2.35. The monoisotopic (exact) mass is 576 g/mol. The van der Waals surface area contributed by atoms with Gasteiger partial charge >= 0.3 is 0 Å². The number of carbonyl (C=O) groups excluding carboxylic acids is 2. The molecule has 0 aromatic heterocycles. The second kappa shape index (κ2) is 9.87. The molecule has 0 unspecified atom stereocenters. The van der Waals surface area contributed by atoms with Gasteiger partial charge in [0.2, 0.25) is 0 Å². The van der Waals surface area contributed by atoms with Crippen molar-refractivity contribution in [1.82, 2.24) is 5.01 Å². The molecule has 4 aromatic rings. The van der Waals surface area contributed by atoms with Gasteiger partial charge in [0.15, 0.2) is 11.5 Å². The molecule has 7 heteroatoms. The van der Waals surface area contributed by atoms with Gasteiger partial charge in [-0.1, -0.05) is 54.6 Å². The lowest BCUT2D eigenvalue weighted by molar-refractivity contribution is 0.0616. The number of hydrogen-bond acceptors (Lipinski definition) is 5. The van der Waals surface area contributed by atoms with Gasteiger partial charge in [0, 0.05) is 5.39 Å². The first-order valence-electron chi connectivity index (χ1n) is 11.1. The molecule has 1 aliphatic rings. The van der Waals surface area contributed by atoms with Gasteiger partial charge in [-0.2, -0.15) is 10.1 Å². The molecule has 35 heavy (non-hydrogen) atoms. The first kappa shape index (κ1) is 23.0. The van der Waals surface area contributed by atoms with Crippen molar-refractivity contribution in [3.05, 3.63) is 105 Å². The van der Waals surface area contributed by atoms with E-state index in [0.29, 0.717) is 46.8 Å². The Morgan fingerprint density at radius 2 is 1.57 bits per heavy atom. The van der Waals surface area contributed by atoms with Crippen LogP contribution >= 0.6 is 22.6 Å². The molecule has 2 amide bonds. The lowest BCUT2D eigenvalue weighted by Gasteiger charge is -2.23. The molecule has 0 saturated heterocycles. The van der Waals surface area contributed by atoms with E-state index < -0.39 is 11.8 Å². The molecule has 0 N–H and O–H groups in total. The Bertz CT molecular complexity index is 1420. The summed E-state index contributed by atoms with van der Waals surface area (Å²) in [7, 11) is 0. The third-order valence-electron chi connectivity index (χ3n) is 5.63. The highest BCUT2D eigenvalue weighted by atomic mass is 127. The number of halogens is 1. The lowest BCUT2D eigenvalue weighted by atomic mass is 9.95. The van der Waals surface area contributed by atoms with Gasteiger partial charge in [-0.3, -0.25) is 9.59 Å². The third kappa shape index (κ3) is 4.51. The Morgan fingerprint density at radius 1 is 0.886 bits per heavy atom. The quantitative estimate of drug-likeness (QED) is 0.153. The maximum atomic E-state index is 13.1. The fourth-order valence-corrected chi connectivity index (χ4v) is 4.82. The van der Waals surface area contributed by atoms with Crippen molar-refractivity contribution >= 4 is 51.4 Å². The van der Waals surface area contributed by atoms with Crippen LogP contribution in [0.15, 0.2) is 84.0 Å². The zero-order valence-corrected chi connectivity index (χ0v) is 21.1. The summed E-state index contributed by atoms with van der Waals surface area (Å²) in [5, 5.41) is 6.72. The van der Waals surface area contributed by atoms with Crippen molar-refractivity contribution in [3.63, 3.8) is 0 Å². The first-order chi connectivity index (χ1) is 17.1. The number of benzene rings is 4. The Hall–Kier alpha value is -3.72. The molecule has 0 bridgehead atoms. The highest BCUT2D eigenvalue weighted by Gasteiger charge is 2.32. The number of hydrazone groups is 1. The molecule has 0 spiro atoms. The molecular formula is C28H21IN2O4. The zero-order valence-electron chi connectivity index (χ0n) is 18.9. The minimum absolute atomic E-state index is 0.409. The summed E-state index contributed by atoms with van der Waals surface area (Å²) < 4.78 is 12.7. The van der Waals surface area contributed by atoms with E-state index in [2.05, 4.69) is 27.7 Å². The molecule has 4 aromatic carbocycles.